The highest BCUT2D eigenvalue weighted by molar-refractivity contribution is 5.79. The number of piperidine rings is 1. The molecule has 30 heavy (non-hydrogen) atoms. The minimum Gasteiger partial charge on any atom is -0.352 e. The number of hydrogen-bond acceptors (Lipinski definition) is 3. The Bertz CT molecular complexity index is 883. The van der Waals surface area contributed by atoms with Gasteiger partial charge in [-0.2, -0.15) is 0 Å². The second-order valence-electron chi connectivity index (χ2n) is 8.43. The molecule has 5 nitrogen and oxygen atoms in total. The average molecular weight is 406 g/mol. The Morgan fingerprint density at radius 3 is 2.60 bits per heavy atom. The van der Waals surface area contributed by atoms with E-state index in [2.05, 4.69) is 58.7 Å². The molecule has 1 fully saturated rings. The Morgan fingerprint density at radius 1 is 1.03 bits per heavy atom. The van der Waals surface area contributed by atoms with Crippen LogP contribution in [-0.2, 0) is 16.1 Å². The number of carbonyl (C=O) groups is 2. The van der Waals surface area contributed by atoms with E-state index >= 15 is 0 Å². The zero-order chi connectivity index (χ0) is 20.9. The largest absolute Gasteiger partial charge is 0.352 e. The molecule has 2 aromatic rings. The highest BCUT2D eigenvalue weighted by Crippen LogP contribution is 2.33. The lowest BCUT2D eigenvalue weighted by Crippen LogP contribution is -2.51. The van der Waals surface area contributed by atoms with Gasteiger partial charge < -0.3 is 10.2 Å². The van der Waals surface area contributed by atoms with Gasteiger partial charge in [0.25, 0.3) is 0 Å². The molecule has 1 N–H and O–H groups in total. The van der Waals surface area contributed by atoms with Crippen LogP contribution in [0.3, 0.4) is 0 Å². The molecule has 2 unspecified atom stereocenters. The number of nitrogens with one attached hydrogen (secondary N) is 1. The first-order valence-electron chi connectivity index (χ1n) is 11.1. The van der Waals surface area contributed by atoms with Crippen LogP contribution in [0.5, 0.6) is 0 Å². The first-order valence-corrected chi connectivity index (χ1v) is 11.1. The van der Waals surface area contributed by atoms with Crippen LogP contribution in [0.4, 0.5) is 0 Å². The topological polar surface area (TPSA) is 52.7 Å². The maximum Gasteiger partial charge on any atom is 0.237 e. The zero-order valence-electron chi connectivity index (χ0n) is 17.7. The van der Waals surface area contributed by atoms with Crippen molar-refractivity contribution in [2.24, 2.45) is 0 Å². The van der Waals surface area contributed by atoms with Crippen molar-refractivity contribution in [1.82, 2.24) is 15.1 Å². The SMILES string of the molecule is CCC(=O)NC1CCCN(CC(=O)N2Cc3ccccc3C(c3ccccc3)C2)C1. The maximum atomic E-state index is 13.2. The van der Waals surface area contributed by atoms with Gasteiger partial charge in [-0.1, -0.05) is 61.5 Å². The summed E-state index contributed by atoms with van der Waals surface area (Å²) in [4.78, 5) is 29.2. The van der Waals surface area contributed by atoms with Gasteiger partial charge in [0.15, 0.2) is 0 Å². The van der Waals surface area contributed by atoms with Crippen molar-refractivity contribution < 1.29 is 9.59 Å². The van der Waals surface area contributed by atoms with Crippen molar-refractivity contribution in [2.45, 2.75) is 44.7 Å². The van der Waals surface area contributed by atoms with Crippen molar-refractivity contribution >= 4 is 11.8 Å². The fourth-order valence-corrected chi connectivity index (χ4v) is 4.71. The molecule has 4 rings (SSSR count). The molecule has 1 saturated heterocycles. The van der Waals surface area contributed by atoms with Gasteiger partial charge in [0.1, 0.15) is 0 Å². The molecule has 2 atom stereocenters. The molecule has 0 saturated carbocycles. The molecule has 2 aliphatic rings. The van der Waals surface area contributed by atoms with Crippen molar-refractivity contribution in [2.75, 3.05) is 26.2 Å². The second-order valence-corrected chi connectivity index (χ2v) is 8.43. The lowest BCUT2D eigenvalue weighted by molar-refractivity contribution is -0.133. The molecule has 2 amide bonds. The average Bonchev–Trinajstić information content (AvgIpc) is 2.79. The number of likely N-dealkylation sites (tertiary alicyclic amines) is 1. The number of nitrogens with zero attached hydrogens (tertiary/aromatic N) is 2. The van der Waals surface area contributed by atoms with Crippen LogP contribution in [0.1, 0.15) is 48.8 Å². The van der Waals surface area contributed by atoms with Crippen molar-refractivity contribution in [3.05, 3.63) is 71.3 Å². The summed E-state index contributed by atoms with van der Waals surface area (Å²) in [7, 11) is 0. The molecule has 2 aliphatic heterocycles. The Balaban J connectivity index is 1.45. The highest BCUT2D eigenvalue weighted by atomic mass is 16.2. The third kappa shape index (κ3) is 4.73. The predicted molar refractivity (Wildman–Crippen MR) is 118 cm³/mol. The summed E-state index contributed by atoms with van der Waals surface area (Å²) in [5, 5.41) is 3.09. The molecular weight excluding hydrogens is 374 g/mol. The van der Waals surface area contributed by atoms with Crippen LogP contribution >= 0.6 is 0 Å². The molecule has 2 aromatic carbocycles. The fourth-order valence-electron chi connectivity index (χ4n) is 4.71. The van der Waals surface area contributed by atoms with E-state index in [-0.39, 0.29) is 23.8 Å². The molecule has 158 valence electrons. The quantitative estimate of drug-likeness (QED) is 0.831. The monoisotopic (exact) mass is 405 g/mol. The molecule has 5 heteroatoms. The summed E-state index contributed by atoms with van der Waals surface area (Å²) in [6.45, 7) is 5.34. The first-order chi connectivity index (χ1) is 14.6. The van der Waals surface area contributed by atoms with E-state index in [0.29, 0.717) is 26.1 Å². The smallest absolute Gasteiger partial charge is 0.237 e. The number of amides is 2. The van der Waals surface area contributed by atoms with Crippen LogP contribution < -0.4 is 5.32 Å². The Morgan fingerprint density at radius 2 is 1.80 bits per heavy atom. The summed E-state index contributed by atoms with van der Waals surface area (Å²) in [6.07, 6.45) is 2.50. The predicted octanol–water partition coefficient (Wildman–Crippen LogP) is 3.15. The molecular formula is C25H31N3O2. The summed E-state index contributed by atoms with van der Waals surface area (Å²) >= 11 is 0. The normalized spacial score (nSPS) is 21.7. The molecule has 0 spiro atoms. The van der Waals surface area contributed by atoms with E-state index in [0.717, 1.165) is 25.9 Å². The zero-order valence-corrected chi connectivity index (χ0v) is 17.7. The Labute approximate surface area is 179 Å². The van der Waals surface area contributed by atoms with E-state index in [1.165, 1.54) is 16.7 Å². The van der Waals surface area contributed by atoms with Gasteiger partial charge in [0, 0.05) is 38.0 Å². The first kappa shape index (κ1) is 20.6. The minimum atomic E-state index is 0.0894. The summed E-state index contributed by atoms with van der Waals surface area (Å²) in [5.74, 6) is 0.470. The number of fused-ring (bicyclic) bond motifs is 1. The fraction of sp³-hybridized carbons (Fsp3) is 0.440. The molecule has 0 radical (unpaired) electrons. The van der Waals surface area contributed by atoms with Gasteiger partial charge in [-0.3, -0.25) is 14.5 Å². The summed E-state index contributed by atoms with van der Waals surface area (Å²) in [5.41, 5.74) is 3.81. The number of rotatable bonds is 5. The van der Waals surface area contributed by atoms with Gasteiger partial charge in [-0.15, -0.1) is 0 Å². The van der Waals surface area contributed by atoms with E-state index in [1.54, 1.807) is 0 Å². The van der Waals surface area contributed by atoms with Gasteiger partial charge in [-0.05, 0) is 36.1 Å². The maximum absolute atomic E-state index is 13.2. The van der Waals surface area contributed by atoms with E-state index in [1.807, 2.05) is 17.9 Å². The standard InChI is InChI=1S/C25H31N3O2/c1-2-24(29)26-21-12-8-14-27(16-21)18-25(30)28-15-20-11-6-7-13-22(20)23(17-28)19-9-4-3-5-10-19/h3-7,9-11,13,21,23H,2,8,12,14-18H2,1H3,(H,26,29). The van der Waals surface area contributed by atoms with Gasteiger partial charge in [0.05, 0.1) is 6.54 Å². The summed E-state index contributed by atoms with van der Waals surface area (Å²) in [6, 6.07) is 19.1. The minimum absolute atomic E-state index is 0.0894. The second kappa shape index (κ2) is 9.43. The number of hydrogen-bond donors (Lipinski definition) is 1. The van der Waals surface area contributed by atoms with E-state index < -0.39 is 0 Å². The van der Waals surface area contributed by atoms with E-state index in [9.17, 15) is 9.59 Å². The van der Waals surface area contributed by atoms with Crippen LogP contribution in [0.25, 0.3) is 0 Å². The molecule has 0 aromatic heterocycles. The molecule has 2 heterocycles. The van der Waals surface area contributed by atoms with Gasteiger partial charge in [-0.25, -0.2) is 0 Å². The highest BCUT2D eigenvalue weighted by Gasteiger charge is 2.30. The van der Waals surface area contributed by atoms with Crippen molar-refractivity contribution in [3.8, 4) is 0 Å². The molecule has 0 aliphatic carbocycles. The lowest BCUT2D eigenvalue weighted by Gasteiger charge is -2.38. The molecule has 0 bridgehead atoms. The Kier molecular flexibility index (Phi) is 6.48. The van der Waals surface area contributed by atoms with Crippen LogP contribution in [0.2, 0.25) is 0 Å². The van der Waals surface area contributed by atoms with Crippen LogP contribution in [-0.4, -0.2) is 53.8 Å². The van der Waals surface area contributed by atoms with Crippen LogP contribution in [0, 0.1) is 0 Å². The van der Waals surface area contributed by atoms with E-state index in [4.69, 9.17) is 0 Å². The van der Waals surface area contributed by atoms with Gasteiger partial charge >= 0.3 is 0 Å². The van der Waals surface area contributed by atoms with Gasteiger partial charge in [0.2, 0.25) is 11.8 Å². The summed E-state index contributed by atoms with van der Waals surface area (Å²) < 4.78 is 0. The van der Waals surface area contributed by atoms with Crippen molar-refractivity contribution in [3.63, 3.8) is 0 Å². The van der Waals surface area contributed by atoms with Crippen LogP contribution in [0.15, 0.2) is 54.6 Å². The Hall–Kier alpha value is -2.66. The lowest BCUT2D eigenvalue weighted by atomic mass is 9.84. The third-order valence-electron chi connectivity index (χ3n) is 6.30. The number of carbonyl (C=O) groups excluding carboxylic acids is 2. The number of benzene rings is 2. The third-order valence-corrected chi connectivity index (χ3v) is 6.30. The van der Waals surface area contributed by atoms with Crippen molar-refractivity contribution in [1.29, 1.82) is 0 Å².